The molecule has 23 heavy (non-hydrogen) atoms. The van der Waals surface area contributed by atoms with E-state index in [1.54, 1.807) is 17.9 Å². The molecule has 0 saturated carbocycles. The molecule has 0 aromatic carbocycles. The second kappa shape index (κ2) is 5.04. The number of likely N-dealkylation sites (tertiary alicyclic amines) is 2. The Morgan fingerprint density at radius 3 is 2.30 bits per heavy atom. The molecule has 0 radical (unpaired) electrons. The average Bonchev–Trinajstić information content (AvgIpc) is 3.04. The van der Waals surface area contributed by atoms with Crippen LogP contribution in [0.3, 0.4) is 0 Å². The minimum atomic E-state index is -0.226. The van der Waals surface area contributed by atoms with Crippen molar-refractivity contribution >= 4 is 17.7 Å². The van der Waals surface area contributed by atoms with Crippen LogP contribution >= 0.6 is 0 Å². The van der Waals surface area contributed by atoms with Crippen LogP contribution in [0, 0.1) is 18.8 Å². The minimum Gasteiger partial charge on any atom is -0.361 e. The molecule has 0 bridgehead atoms. The summed E-state index contributed by atoms with van der Waals surface area (Å²) in [7, 11) is 0. The third kappa shape index (κ3) is 2.10. The van der Waals surface area contributed by atoms with Gasteiger partial charge in [-0.05, 0) is 19.8 Å². The Kier molecular flexibility index (Phi) is 3.11. The van der Waals surface area contributed by atoms with Gasteiger partial charge in [0.1, 0.15) is 5.76 Å². The first kappa shape index (κ1) is 14.2. The van der Waals surface area contributed by atoms with Crippen molar-refractivity contribution in [3.8, 4) is 0 Å². The van der Waals surface area contributed by atoms with Gasteiger partial charge >= 0.3 is 0 Å². The molecule has 7 heteroatoms. The third-order valence-electron chi connectivity index (χ3n) is 4.90. The zero-order valence-corrected chi connectivity index (χ0v) is 12.8. The second-order valence-corrected chi connectivity index (χ2v) is 6.39. The fourth-order valence-electron chi connectivity index (χ4n) is 3.60. The Balaban J connectivity index is 1.43. The van der Waals surface area contributed by atoms with Crippen molar-refractivity contribution < 1.29 is 18.9 Å². The van der Waals surface area contributed by atoms with Crippen molar-refractivity contribution in [1.29, 1.82) is 0 Å². The highest BCUT2D eigenvalue weighted by molar-refractivity contribution is 6.06. The van der Waals surface area contributed by atoms with Gasteiger partial charge in [0.15, 0.2) is 5.69 Å². The van der Waals surface area contributed by atoms with Crippen LogP contribution in [0.1, 0.15) is 29.1 Å². The summed E-state index contributed by atoms with van der Waals surface area (Å²) in [5, 5.41) is 3.71. The van der Waals surface area contributed by atoms with Gasteiger partial charge in [-0.15, -0.1) is 0 Å². The summed E-state index contributed by atoms with van der Waals surface area (Å²) >= 11 is 0. The highest BCUT2D eigenvalue weighted by Gasteiger charge is 2.52. The van der Waals surface area contributed by atoms with E-state index in [0.29, 0.717) is 31.7 Å². The van der Waals surface area contributed by atoms with E-state index >= 15 is 0 Å². The molecule has 2 aliphatic heterocycles. The molecular weight excluding hydrogens is 298 g/mol. The Hall–Kier alpha value is -2.44. The molecule has 1 aliphatic carbocycles. The van der Waals surface area contributed by atoms with E-state index in [9.17, 15) is 14.4 Å². The highest BCUT2D eigenvalue weighted by Crippen LogP contribution is 2.37. The lowest BCUT2D eigenvalue weighted by molar-refractivity contribution is -0.145. The van der Waals surface area contributed by atoms with E-state index in [1.165, 1.54) is 4.90 Å². The normalized spacial score (nSPS) is 27.3. The SMILES string of the molecule is Cc1cc(C(=O)N2CC(N3C(=O)[C@@H]4CC=CC[C@H]4C3=O)C2)no1. The molecule has 7 nitrogen and oxygen atoms in total. The number of amides is 3. The zero-order chi connectivity index (χ0) is 16.1. The predicted molar refractivity (Wildman–Crippen MR) is 78.1 cm³/mol. The van der Waals surface area contributed by atoms with Gasteiger partial charge in [-0.1, -0.05) is 17.3 Å². The topological polar surface area (TPSA) is 83.7 Å². The first-order valence-corrected chi connectivity index (χ1v) is 7.81. The first-order valence-electron chi connectivity index (χ1n) is 7.81. The number of aromatic nitrogens is 1. The van der Waals surface area contributed by atoms with Crippen molar-refractivity contribution in [2.45, 2.75) is 25.8 Å². The molecular formula is C16H17N3O4. The lowest BCUT2D eigenvalue weighted by Gasteiger charge is -2.42. The van der Waals surface area contributed by atoms with Gasteiger partial charge in [-0.25, -0.2) is 0 Å². The quantitative estimate of drug-likeness (QED) is 0.594. The summed E-state index contributed by atoms with van der Waals surface area (Å²) < 4.78 is 4.91. The smallest absolute Gasteiger partial charge is 0.276 e. The molecule has 120 valence electrons. The monoisotopic (exact) mass is 315 g/mol. The predicted octanol–water partition coefficient (Wildman–Crippen LogP) is 0.759. The highest BCUT2D eigenvalue weighted by atomic mass is 16.5. The van der Waals surface area contributed by atoms with Crippen LogP contribution in [0.25, 0.3) is 0 Å². The number of allylic oxidation sites excluding steroid dienone is 2. The van der Waals surface area contributed by atoms with Crippen molar-refractivity contribution in [3.63, 3.8) is 0 Å². The van der Waals surface area contributed by atoms with Gasteiger partial charge in [-0.3, -0.25) is 19.3 Å². The number of aryl methyl sites for hydroxylation is 1. The lowest BCUT2D eigenvalue weighted by atomic mass is 9.85. The van der Waals surface area contributed by atoms with Crippen LogP contribution in [0.5, 0.6) is 0 Å². The molecule has 0 N–H and O–H groups in total. The van der Waals surface area contributed by atoms with E-state index < -0.39 is 0 Å². The van der Waals surface area contributed by atoms with Crippen molar-refractivity contribution in [2.24, 2.45) is 11.8 Å². The zero-order valence-electron chi connectivity index (χ0n) is 12.8. The van der Waals surface area contributed by atoms with Gasteiger partial charge in [0.05, 0.1) is 17.9 Å². The molecule has 2 saturated heterocycles. The first-order chi connectivity index (χ1) is 11.1. The number of nitrogens with zero attached hydrogens (tertiary/aromatic N) is 3. The van der Waals surface area contributed by atoms with E-state index in [-0.39, 0.29) is 41.3 Å². The summed E-state index contributed by atoms with van der Waals surface area (Å²) in [6.07, 6.45) is 5.22. The fraction of sp³-hybridized carbons (Fsp3) is 0.500. The largest absolute Gasteiger partial charge is 0.361 e. The van der Waals surface area contributed by atoms with Crippen LogP contribution in [0.2, 0.25) is 0 Å². The molecule has 3 heterocycles. The number of imide groups is 1. The van der Waals surface area contributed by atoms with E-state index in [1.807, 2.05) is 12.2 Å². The number of hydrogen-bond donors (Lipinski definition) is 0. The fourth-order valence-corrected chi connectivity index (χ4v) is 3.60. The van der Waals surface area contributed by atoms with Crippen LogP contribution in [0.4, 0.5) is 0 Å². The summed E-state index contributed by atoms with van der Waals surface area (Å²) in [6, 6.07) is 1.37. The number of hydrogen-bond acceptors (Lipinski definition) is 5. The Labute approximate surface area is 132 Å². The van der Waals surface area contributed by atoms with E-state index in [4.69, 9.17) is 4.52 Å². The van der Waals surface area contributed by atoms with Gasteiger partial charge in [0.2, 0.25) is 11.8 Å². The summed E-state index contributed by atoms with van der Waals surface area (Å²) in [5.41, 5.74) is 0.262. The van der Waals surface area contributed by atoms with Crippen LogP contribution in [-0.4, -0.2) is 51.8 Å². The molecule has 1 aromatic heterocycles. The summed E-state index contributed by atoms with van der Waals surface area (Å²) in [6.45, 7) is 2.46. The standard InChI is InChI=1S/C16H17N3O4/c1-9-6-13(17-23-9)16(22)18-7-10(8-18)19-14(20)11-4-2-3-5-12(11)15(19)21/h2-3,6,10-12H,4-5,7-8H2,1H3/t11-,12-/m1/s1. The van der Waals surface area contributed by atoms with Gasteiger partial charge in [0.25, 0.3) is 5.91 Å². The van der Waals surface area contributed by atoms with E-state index in [0.717, 1.165) is 0 Å². The van der Waals surface area contributed by atoms with Crippen molar-refractivity contribution in [3.05, 3.63) is 29.7 Å². The van der Waals surface area contributed by atoms with Gasteiger partial charge in [0, 0.05) is 19.2 Å². The summed E-state index contributed by atoms with van der Waals surface area (Å²) in [5.74, 6) is -0.244. The number of carbonyl (C=O) groups is 3. The molecule has 2 fully saturated rings. The van der Waals surface area contributed by atoms with Crippen molar-refractivity contribution in [1.82, 2.24) is 15.0 Å². The molecule has 0 unspecified atom stereocenters. The van der Waals surface area contributed by atoms with Crippen LogP contribution < -0.4 is 0 Å². The van der Waals surface area contributed by atoms with Gasteiger partial charge < -0.3 is 9.42 Å². The maximum atomic E-state index is 12.5. The minimum absolute atomic E-state index is 0.0845. The molecule has 0 spiro atoms. The maximum absolute atomic E-state index is 12.5. The lowest BCUT2D eigenvalue weighted by Crippen LogP contribution is -2.62. The Morgan fingerprint density at radius 1 is 1.17 bits per heavy atom. The van der Waals surface area contributed by atoms with Gasteiger partial charge in [-0.2, -0.15) is 0 Å². The second-order valence-electron chi connectivity index (χ2n) is 6.39. The Morgan fingerprint density at radius 2 is 1.78 bits per heavy atom. The molecule has 4 rings (SSSR count). The van der Waals surface area contributed by atoms with Crippen molar-refractivity contribution in [2.75, 3.05) is 13.1 Å². The third-order valence-corrected chi connectivity index (χ3v) is 4.90. The van der Waals surface area contributed by atoms with Crippen LogP contribution in [0.15, 0.2) is 22.7 Å². The number of rotatable bonds is 2. The molecule has 2 atom stereocenters. The van der Waals surface area contributed by atoms with Crippen LogP contribution in [-0.2, 0) is 9.59 Å². The number of fused-ring (bicyclic) bond motifs is 1. The van der Waals surface area contributed by atoms with E-state index in [2.05, 4.69) is 5.16 Å². The maximum Gasteiger partial charge on any atom is 0.276 e. The molecule has 3 aliphatic rings. The average molecular weight is 315 g/mol. The Bertz CT molecular complexity index is 691. The summed E-state index contributed by atoms with van der Waals surface area (Å²) in [4.78, 5) is 40.1. The number of carbonyl (C=O) groups excluding carboxylic acids is 3. The molecule has 3 amide bonds. The molecule has 1 aromatic rings.